The van der Waals surface area contributed by atoms with E-state index in [9.17, 15) is 0 Å². The summed E-state index contributed by atoms with van der Waals surface area (Å²) in [6, 6.07) is 5.67. The van der Waals surface area contributed by atoms with Crippen LogP contribution in [-0.4, -0.2) is 21.4 Å². The molecule has 0 saturated heterocycles. The molecule has 7 heteroatoms. The van der Waals surface area contributed by atoms with Crippen molar-refractivity contribution in [1.29, 1.82) is 0 Å². The van der Waals surface area contributed by atoms with Gasteiger partial charge in [-0.05, 0) is 43.3 Å². The van der Waals surface area contributed by atoms with E-state index in [1.165, 1.54) is 0 Å². The number of anilines is 1. The SMILES string of the molecule is Cc1ccc(Cl)cc1NC(=S)NCCCn1cc(Cl)cn1. The summed E-state index contributed by atoms with van der Waals surface area (Å²) in [5.41, 5.74) is 2.01. The first-order chi connectivity index (χ1) is 10.0. The molecule has 0 spiro atoms. The minimum absolute atomic E-state index is 0.582. The van der Waals surface area contributed by atoms with Crippen molar-refractivity contribution in [3.8, 4) is 0 Å². The van der Waals surface area contributed by atoms with Crippen molar-refractivity contribution in [1.82, 2.24) is 15.1 Å². The average Bonchev–Trinajstić information content (AvgIpc) is 2.85. The molecule has 1 aromatic heterocycles. The normalized spacial score (nSPS) is 10.4. The second-order valence-corrected chi connectivity index (χ2v) is 5.90. The maximum Gasteiger partial charge on any atom is 0.170 e. The molecule has 21 heavy (non-hydrogen) atoms. The molecule has 0 aliphatic heterocycles. The minimum atomic E-state index is 0.582. The van der Waals surface area contributed by atoms with Gasteiger partial charge in [0.05, 0.1) is 11.2 Å². The van der Waals surface area contributed by atoms with Gasteiger partial charge in [0, 0.05) is 30.0 Å². The highest BCUT2D eigenvalue weighted by Gasteiger charge is 2.02. The van der Waals surface area contributed by atoms with Crippen LogP contribution in [-0.2, 0) is 6.54 Å². The molecule has 0 atom stereocenters. The minimum Gasteiger partial charge on any atom is -0.362 e. The fourth-order valence-corrected chi connectivity index (χ4v) is 2.34. The highest BCUT2D eigenvalue weighted by atomic mass is 35.5. The predicted octanol–water partition coefficient (Wildman–Crippen LogP) is 3.88. The first-order valence-corrected chi connectivity index (χ1v) is 7.70. The zero-order chi connectivity index (χ0) is 15.2. The molecule has 2 aromatic rings. The van der Waals surface area contributed by atoms with Crippen molar-refractivity contribution in [2.75, 3.05) is 11.9 Å². The van der Waals surface area contributed by atoms with E-state index in [-0.39, 0.29) is 0 Å². The second kappa shape index (κ2) is 7.64. The van der Waals surface area contributed by atoms with Crippen LogP contribution in [0.3, 0.4) is 0 Å². The van der Waals surface area contributed by atoms with E-state index in [4.69, 9.17) is 35.4 Å². The largest absolute Gasteiger partial charge is 0.362 e. The average molecular weight is 343 g/mol. The van der Waals surface area contributed by atoms with Crippen molar-refractivity contribution in [3.05, 3.63) is 46.2 Å². The van der Waals surface area contributed by atoms with Crippen LogP contribution >= 0.6 is 35.4 Å². The lowest BCUT2D eigenvalue weighted by molar-refractivity contribution is 0.574. The molecule has 112 valence electrons. The Labute approximate surface area is 139 Å². The van der Waals surface area contributed by atoms with Crippen molar-refractivity contribution >= 4 is 46.2 Å². The van der Waals surface area contributed by atoms with Crippen LogP contribution in [0.15, 0.2) is 30.6 Å². The summed E-state index contributed by atoms with van der Waals surface area (Å²) in [6.45, 7) is 3.55. The van der Waals surface area contributed by atoms with Crippen LogP contribution in [0.4, 0.5) is 5.69 Å². The van der Waals surface area contributed by atoms with Gasteiger partial charge >= 0.3 is 0 Å². The smallest absolute Gasteiger partial charge is 0.170 e. The predicted molar refractivity (Wildman–Crippen MR) is 92.3 cm³/mol. The van der Waals surface area contributed by atoms with E-state index in [0.29, 0.717) is 15.2 Å². The quantitative estimate of drug-likeness (QED) is 0.639. The maximum atomic E-state index is 5.97. The van der Waals surface area contributed by atoms with E-state index in [2.05, 4.69) is 15.7 Å². The van der Waals surface area contributed by atoms with Gasteiger partial charge in [-0.25, -0.2) is 0 Å². The first kappa shape index (κ1) is 16.1. The van der Waals surface area contributed by atoms with E-state index in [0.717, 1.165) is 30.8 Å². The van der Waals surface area contributed by atoms with Crippen molar-refractivity contribution in [2.24, 2.45) is 0 Å². The van der Waals surface area contributed by atoms with Crippen LogP contribution in [0.1, 0.15) is 12.0 Å². The van der Waals surface area contributed by atoms with Gasteiger partial charge in [0.1, 0.15) is 0 Å². The molecule has 0 saturated carbocycles. The zero-order valence-electron chi connectivity index (χ0n) is 11.6. The Balaban J connectivity index is 1.73. The van der Waals surface area contributed by atoms with Gasteiger partial charge in [-0.2, -0.15) is 5.10 Å². The molecule has 2 N–H and O–H groups in total. The summed E-state index contributed by atoms with van der Waals surface area (Å²) in [5, 5.41) is 12.3. The number of rotatable bonds is 5. The summed E-state index contributed by atoms with van der Waals surface area (Å²) >= 11 is 17.0. The van der Waals surface area contributed by atoms with Crippen LogP contribution in [0.5, 0.6) is 0 Å². The summed E-state index contributed by atoms with van der Waals surface area (Å²) < 4.78 is 1.81. The first-order valence-electron chi connectivity index (χ1n) is 6.53. The van der Waals surface area contributed by atoms with Gasteiger partial charge in [0.25, 0.3) is 0 Å². The van der Waals surface area contributed by atoms with Gasteiger partial charge in [0.2, 0.25) is 0 Å². The summed E-state index contributed by atoms with van der Waals surface area (Å²) in [7, 11) is 0. The van der Waals surface area contributed by atoms with Crippen LogP contribution < -0.4 is 10.6 Å². The molecule has 2 rings (SSSR count). The van der Waals surface area contributed by atoms with E-state index >= 15 is 0 Å². The number of hydrogen-bond donors (Lipinski definition) is 2. The molecule has 0 aliphatic rings. The number of halogens is 2. The molecule has 4 nitrogen and oxygen atoms in total. The third-order valence-corrected chi connectivity index (χ3v) is 3.58. The lowest BCUT2D eigenvalue weighted by atomic mass is 10.2. The third kappa shape index (κ3) is 5.19. The number of nitrogens with one attached hydrogen (secondary N) is 2. The van der Waals surface area contributed by atoms with Crippen LogP contribution in [0.25, 0.3) is 0 Å². The number of thiocarbonyl (C=S) groups is 1. The standard InChI is InChI=1S/C14H16Cl2N4S/c1-10-3-4-11(15)7-13(10)19-14(21)17-5-2-6-20-9-12(16)8-18-20/h3-4,7-9H,2,5-6H2,1H3,(H2,17,19,21). The Hall–Kier alpha value is -1.30. The van der Waals surface area contributed by atoms with E-state index in [1.807, 2.05) is 29.8 Å². The van der Waals surface area contributed by atoms with Crippen molar-refractivity contribution in [2.45, 2.75) is 19.9 Å². The van der Waals surface area contributed by atoms with E-state index < -0.39 is 0 Å². The Bertz CT molecular complexity index is 627. The summed E-state index contributed by atoms with van der Waals surface area (Å²) in [6.07, 6.45) is 4.32. The van der Waals surface area contributed by atoms with Gasteiger partial charge in [-0.3, -0.25) is 4.68 Å². The topological polar surface area (TPSA) is 41.9 Å². The fourth-order valence-electron chi connectivity index (χ4n) is 1.80. The Kier molecular flexibility index (Phi) is 5.85. The molecule has 0 unspecified atom stereocenters. The molecule has 0 amide bonds. The second-order valence-electron chi connectivity index (χ2n) is 4.62. The third-order valence-electron chi connectivity index (χ3n) is 2.90. The van der Waals surface area contributed by atoms with Gasteiger partial charge in [-0.15, -0.1) is 0 Å². The maximum absolute atomic E-state index is 5.97. The molecule has 1 aromatic carbocycles. The molecule has 0 radical (unpaired) electrons. The summed E-state index contributed by atoms with van der Waals surface area (Å²) in [4.78, 5) is 0. The lowest BCUT2D eigenvalue weighted by Crippen LogP contribution is -2.30. The molecule has 0 bridgehead atoms. The van der Waals surface area contributed by atoms with Gasteiger partial charge in [-0.1, -0.05) is 29.3 Å². The number of aryl methyl sites for hydroxylation is 2. The van der Waals surface area contributed by atoms with Gasteiger partial charge < -0.3 is 10.6 Å². The molecule has 0 aliphatic carbocycles. The van der Waals surface area contributed by atoms with Crippen molar-refractivity contribution < 1.29 is 0 Å². The Morgan fingerprint density at radius 3 is 2.86 bits per heavy atom. The van der Waals surface area contributed by atoms with Gasteiger partial charge in [0.15, 0.2) is 5.11 Å². The van der Waals surface area contributed by atoms with Crippen molar-refractivity contribution in [3.63, 3.8) is 0 Å². The number of nitrogens with zero attached hydrogens (tertiary/aromatic N) is 2. The monoisotopic (exact) mass is 342 g/mol. The molecule has 1 heterocycles. The van der Waals surface area contributed by atoms with Crippen LogP contribution in [0.2, 0.25) is 10.0 Å². The number of hydrogen-bond acceptors (Lipinski definition) is 2. The molecular weight excluding hydrogens is 327 g/mol. The van der Waals surface area contributed by atoms with E-state index in [1.54, 1.807) is 12.4 Å². The molecular formula is C14H16Cl2N4S. The Morgan fingerprint density at radius 1 is 1.33 bits per heavy atom. The molecule has 0 fully saturated rings. The fraction of sp³-hybridized carbons (Fsp3) is 0.286. The summed E-state index contributed by atoms with van der Waals surface area (Å²) in [5.74, 6) is 0. The highest BCUT2D eigenvalue weighted by molar-refractivity contribution is 7.80. The van der Waals surface area contributed by atoms with Crippen LogP contribution in [0, 0.1) is 6.92 Å². The zero-order valence-corrected chi connectivity index (χ0v) is 13.9. The highest BCUT2D eigenvalue weighted by Crippen LogP contribution is 2.19. The Morgan fingerprint density at radius 2 is 2.14 bits per heavy atom. The lowest BCUT2D eigenvalue weighted by Gasteiger charge is -2.12. The number of aromatic nitrogens is 2. The number of benzene rings is 1.